The van der Waals surface area contributed by atoms with E-state index in [2.05, 4.69) is 0 Å². The molecule has 0 spiro atoms. The highest BCUT2D eigenvalue weighted by atomic mass is 35.5. The Morgan fingerprint density at radius 1 is 1.17 bits per heavy atom. The first-order valence-electron chi connectivity index (χ1n) is 5.98. The van der Waals surface area contributed by atoms with Gasteiger partial charge in [-0.3, -0.25) is 0 Å². The van der Waals surface area contributed by atoms with Gasteiger partial charge in [0.15, 0.2) is 0 Å². The zero-order valence-electron chi connectivity index (χ0n) is 9.98. The molecule has 1 saturated carbocycles. The van der Waals surface area contributed by atoms with Gasteiger partial charge in [-0.1, -0.05) is 42.1 Å². The summed E-state index contributed by atoms with van der Waals surface area (Å²) in [5.74, 6) is 0.319. The van der Waals surface area contributed by atoms with Crippen LogP contribution in [-0.4, -0.2) is 11.2 Å². The lowest BCUT2D eigenvalue weighted by Gasteiger charge is -2.24. The first-order chi connectivity index (χ1) is 8.09. The molecule has 0 saturated heterocycles. The minimum Gasteiger partial charge on any atom is -0.391 e. The van der Waals surface area contributed by atoms with Crippen molar-refractivity contribution in [1.82, 2.24) is 0 Å². The van der Waals surface area contributed by atoms with Crippen molar-refractivity contribution in [3.05, 3.63) is 33.8 Å². The third-order valence-electron chi connectivity index (χ3n) is 3.58. The topological polar surface area (TPSA) is 46.2 Å². The van der Waals surface area contributed by atoms with E-state index in [0.717, 1.165) is 18.4 Å². The fraction of sp³-hybridized carbons (Fsp3) is 0.538. The Morgan fingerprint density at radius 2 is 1.78 bits per heavy atom. The van der Waals surface area contributed by atoms with Crippen LogP contribution in [-0.2, 0) is 0 Å². The van der Waals surface area contributed by atoms with E-state index in [-0.39, 0.29) is 18.4 Å². The molecule has 18 heavy (non-hydrogen) atoms. The van der Waals surface area contributed by atoms with Crippen molar-refractivity contribution in [2.75, 3.05) is 0 Å². The molecule has 1 aromatic carbocycles. The van der Waals surface area contributed by atoms with E-state index < -0.39 is 6.10 Å². The third-order valence-corrected chi connectivity index (χ3v) is 4.32. The van der Waals surface area contributed by atoms with Crippen LogP contribution in [0.2, 0.25) is 10.0 Å². The van der Waals surface area contributed by atoms with Gasteiger partial charge in [0.25, 0.3) is 0 Å². The van der Waals surface area contributed by atoms with Crippen molar-refractivity contribution < 1.29 is 5.11 Å². The number of halogens is 3. The molecule has 1 aliphatic carbocycles. The maximum absolute atomic E-state index is 10.2. The van der Waals surface area contributed by atoms with Gasteiger partial charge >= 0.3 is 0 Å². The number of hydrogen-bond acceptors (Lipinski definition) is 2. The molecule has 0 bridgehead atoms. The number of benzene rings is 1. The van der Waals surface area contributed by atoms with Crippen LogP contribution in [0.5, 0.6) is 0 Å². The van der Waals surface area contributed by atoms with Crippen LogP contribution in [0, 0.1) is 5.92 Å². The van der Waals surface area contributed by atoms with E-state index in [1.54, 1.807) is 12.1 Å². The Kier molecular flexibility index (Phi) is 6.22. The van der Waals surface area contributed by atoms with E-state index >= 15 is 0 Å². The number of aliphatic hydroxyl groups is 1. The van der Waals surface area contributed by atoms with Crippen LogP contribution in [0.3, 0.4) is 0 Å². The number of aliphatic hydroxyl groups excluding tert-OH is 1. The molecule has 2 rings (SSSR count). The van der Waals surface area contributed by atoms with Crippen LogP contribution in [0.4, 0.5) is 0 Å². The Morgan fingerprint density at radius 3 is 2.33 bits per heavy atom. The Bertz CT molecular complexity index is 394. The molecule has 0 heterocycles. The van der Waals surface area contributed by atoms with Crippen LogP contribution in [0.1, 0.15) is 37.3 Å². The fourth-order valence-electron chi connectivity index (χ4n) is 2.51. The summed E-state index contributed by atoms with van der Waals surface area (Å²) in [7, 11) is 0. The average Bonchev–Trinajstić information content (AvgIpc) is 2.84. The molecule has 0 unspecified atom stereocenters. The van der Waals surface area contributed by atoms with Crippen LogP contribution in [0.25, 0.3) is 0 Å². The number of nitrogens with two attached hydrogens (primary N) is 1. The fourth-order valence-corrected chi connectivity index (χ4v) is 2.82. The molecule has 102 valence electrons. The van der Waals surface area contributed by atoms with Gasteiger partial charge in [-0.15, -0.1) is 12.4 Å². The highest BCUT2D eigenvalue weighted by Crippen LogP contribution is 2.33. The van der Waals surface area contributed by atoms with Crippen LogP contribution in [0.15, 0.2) is 18.2 Å². The summed E-state index contributed by atoms with van der Waals surface area (Å²) in [5, 5.41) is 11.2. The van der Waals surface area contributed by atoms with Crippen molar-refractivity contribution >= 4 is 35.6 Å². The SMILES string of the molecule is Cl.N[C@@H](c1ccc(Cl)c(Cl)c1)[C@H](O)C1CCCC1. The van der Waals surface area contributed by atoms with Gasteiger partial charge in [-0.2, -0.15) is 0 Å². The van der Waals surface area contributed by atoms with Gasteiger partial charge in [0.2, 0.25) is 0 Å². The minimum atomic E-state index is -0.491. The van der Waals surface area contributed by atoms with Crippen molar-refractivity contribution in [2.45, 2.75) is 37.8 Å². The van der Waals surface area contributed by atoms with Crippen molar-refractivity contribution in [3.8, 4) is 0 Å². The molecule has 1 aliphatic rings. The first kappa shape index (κ1) is 16.1. The summed E-state index contributed by atoms with van der Waals surface area (Å²) in [5.41, 5.74) is 6.93. The van der Waals surface area contributed by atoms with E-state index in [1.807, 2.05) is 6.07 Å². The van der Waals surface area contributed by atoms with Gasteiger partial charge in [-0.25, -0.2) is 0 Å². The summed E-state index contributed by atoms with van der Waals surface area (Å²) >= 11 is 11.8. The third kappa shape index (κ3) is 3.52. The zero-order chi connectivity index (χ0) is 12.4. The molecular weight excluding hydrogens is 293 g/mol. The van der Waals surface area contributed by atoms with Gasteiger partial charge in [0.1, 0.15) is 0 Å². The van der Waals surface area contributed by atoms with Gasteiger partial charge < -0.3 is 10.8 Å². The smallest absolute Gasteiger partial charge is 0.0760 e. The van der Waals surface area contributed by atoms with Crippen LogP contribution >= 0.6 is 35.6 Å². The van der Waals surface area contributed by atoms with E-state index in [9.17, 15) is 5.11 Å². The molecule has 2 nitrogen and oxygen atoms in total. The molecule has 2 atom stereocenters. The van der Waals surface area contributed by atoms with Gasteiger partial charge in [0.05, 0.1) is 22.2 Å². The Hall–Kier alpha value is 0.01000. The largest absolute Gasteiger partial charge is 0.391 e. The monoisotopic (exact) mass is 309 g/mol. The normalized spacial score (nSPS) is 19.3. The average molecular weight is 311 g/mol. The second-order valence-electron chi connectivity index (χ2n) is 4.73. The zero-order valence-corrected chi connectivity index (χ0v) is 12.3. The molecule has 1 aromatic rings. The molecular formula is C13H18Cl3NO. The molecule has 1 fully saturated rings. The minimum absolute atomic E-state index is 0. The molecule has 0 aromatic heterocycles. The lowest BCUT2D eigenvalue weighted by Crippen LogP contribution is -2.31. The summed E-state index contributed by atoms with van der Waals surface area (Å²) in [6.45, 7) is 0. The maximum Gasteiger partial charge on any atom is 0.0760 e. The highest BCUT2D eigenvalue weighted by Gasteiger charge is 2.28. The molecule has 5 heteroatoms. The summed E-state index contributed by atoms with van der Waals surface area (Å²) in [4.78, 5) is 0. The standard InChI is InChI=1S/C13H17Cl2NO.ClH/c14-10-6-5-9(7-11(10)15)12(16)13(17)8-3-1-2-4-8;/h5-8,12-13,17H,1-4,16H2;1H/t12-,13+;/m0./s1. The summed E-state index contributed by atoms with van der Waals surface area (Å²) in [6.07, 6.45) is 4.02. The molecule has 3 N–H and O–H groups in total. The first-order valence-corrected chi connectivity index (χ1v) is 6.74. The summed E-state index contributed by atoms with van der Waals surface area (Å²) in [6, 6.07) is 4.91. The number of rotatable bonds is 3. The second-order valence-corrected chi connectivity index (χ2v) is 5.55. The van der Waals surface area contributed by atoms with Crippen LogP contribution < -0.4 is 5.73 Å². The highest BCUT2D eigenvalue weighted by molar-refractivity contribution is 6.42. The second kappa shape index (κ2) is 6.97. The van der Waals surface area contributed by atoms with Crippen molar-refractivity contribution in [3.63, 3.8) is 0 Å². The van der Waals surface area contributed by atoms with Crippen molar-refractivity contribution in [2.24, 2.45) is 11.7 Å². The maximum atomic E-state index is 10.2. The van der Waals surface area contributed by atoms with Gasteiger partial charge in [-0.05, 0) is 36.5 Å². The van der Waals surface area contributed by atoms with E-state index in [1.165, 1.54) is 12.8 Å². The quantitative estimate of drug-likeness (QED) is 0.887. The lowest BCUT2D eigenvalue weighted by molar-refractivity contribution is 0.0845. The number of hydrogen-bond donors (Lipinski definition) is 2. The molecule has 0 radical (unpaired) electrons. The van der Waals surface area contributed by atoms with E-state index in [4.69, 9.17) is 28.9 Å². The predicted octanol–water partition coefficient (Wildman–Crippen LogP) is 3.97. The Labute approximate surface area is 124 Å². The van der Waals surface area contributed by atoms with Gasteiger partial charge in [0, 0.05) is 0 Å². The summed E-state index contributed by atoms with van der Waals surface area (Å²) < 4.78 is 0. The molecule has 0 amide bonds. The molecule has 0 aliphatic heterocycles. The lowest BCUT2D eigenvalue weighted by atomic mass is 9.91. The Balaban J connectivity index is 0.00000162. The van der Waals surface area contributed by atoms with E-state index in [0.29, 0.717) is 16.0 Å². The van der Waals surface area contributed by atoms with Crippen molar-refractivity contribution in [1.29, 1.82) is 0 Å². The predicted molar refractivity (Wildman–Crippen MR) is 78.6 cm³/mol.